The van der Waals surface area contributed by atoms with Crippen molar-refractivity contribution in [2.24, 2.45) is 0 Å². The second kappa shape index (κ2) is 5.40. The van der Waals surface area contributed by atoms with Crippen LogP contribution in [0.25, 0.3) is 5.65 Å². The molecule has 4 nitrogen and oxygen atoms in total. The molecule has 0 spiro atoms. The number of pyridine rings is 1. The maximum Gasteiger partial charge on any atom is 0.272 e. The number of hydrogen-bond donors (Lipinski definition) is 1. The van der Waals surface area contributed by atoms with Crippen LogP contribution in [0.5, 0.6) is 0 Å². The van der Waals surface area contributed by atoms with Crippen LogP contribution in [0, 0.1) is 6.92 Å². The van der Waals surface area contributed by atoms with Gasteiger partial charge < -0.3 is 5.32 Å². The van der Waals surface area contributed by atoms with Gasteiger partial charge in [0.05, 0.1) is 0 Å². The summed E-state index contributed by atoms with van der Waals surface area (Å²) in [6, 6.07) is 11.6. The van der Waals surface area contributed by atoms with Gasteiger partial charge in [0.25, 0.3) is 5.91 Å². The molecule has 0 unspecified atom stereocenters. The van der Waals surface area contributed by atoms with Gasteiger partial charge in [0.15, 0.2) is 0 Å². The van der Waals surface area contributed by atoms with Crippen LogP contribution in [-0.4, -0.2) is 15.3 Å². The van der Waals surface area contributed by atoms with Crippen molar-refractivity contribution in [1.29, 1.82) is 0 Å². The molecule has 1 N–H and O–H groups in total. The van der Waals surface area contributed by atoms with E-state index in [-0.39, 0.29) is 5.91 Å². The zero-order chi connectivity index (χ0) is 14.8. The highest BCUT2D eigenvalue weighted by atomic mass is 16.1. The number of rotatable bonds is 3. The predicted molar refractivity (Wildman–Crippen MR) is 83.7 cm³/mol. The number of benzene rings is 1. The molecule has 3 aromatic rings. The molecule has 2 heterocycles. The SMILES string of the molecule is CCc1cccc(C)c1NC(=O)c1cccc2nccn12. The third-order valence-corrected chi connectivity index (χ3v) is 3.64. The standard InChI is InChI=1S/C17H17N3O/c1-3-13-7-4-6-12(2)16(13)19-17(21)14-8-5-9-15-18-10-11-20(14)15/h4-11H,3H2,1-2H3,(H,19,21). The van der Waals surface area contributed by atoms with Crippen LogP contribution < -0.4 is 5.32 Å². The Morgan fingerprint density at radius 3 is 2.86 bits per heavy atom. The molecule has 0 radical (unpaired) electrons. The molecule has 1 amide bonds. The molecule has 0 fully saturated rings. The van der Waals surface area contributed by atoms with Crippen LogP contribution in [0.15, 0.2) is 48.8 Å². The van der Waals surface area contributed by atoms with Crippen LogP contribution in [-0.2, 0) is 6.42 Å². The number of para-hydroxylation sites is 1. The third-order valence-electron chi connectivity index (χ3n) is 3.64. The molecule has 0 aliphatic heterocycles. The molecule has 21 heavy (non-hydrogen) atoms. The number of carbonyl (C=O) groups excluding carboxylic acids is 1. The number of hydrogen-bond acceptors (Lipinski definition) is 2. The highest BCUT2D eigenvalue weighted by Crippen LogP contribution is 2.22. The average Bonchev–Trinajstić information content (AvgIpc) is 2.97. The van der Waals surface area contributed by atoms with Crippen molar-refractivity contribution in [1.82, 2.24) is 9.38 Å². The summed E-state index contributed by atoms with van der Waals surface area (Å²) in [5.74, 6) is -0.123. The molecular formula is C17H17N3O. The fourth-order valence-electron chi connectivity index (χ4n) is 2.51. The van der Waals surface area contributed by atoms with Crippen molar-refractivity contribution in [2.75, 3.05) is 5.32 Å². The number of fused-ring (bicyclic) bond motifs is 1. The monoisotopic (exact) mass is 279 g/mol. The van der Waals surface area contributed by atoms with Gasteiger partial charge in [-0.2, -0.15) is 0 Å². The van der Waals surface area contributed by atoms with E-state index in [9.17, 15) is 4.79 Å². The number of anilines is 1. The van der Waals surface area contributed by atoms with Crippen LogP contribution in [0.1, 0.15) is 28.5 Å². The van der Waals surface area contributed by atoms with Gasteiger partial charge >= 0.3 is 0 Å². The lowest BCUT2D eigenvalue weighted by molar-refractivity contribution is 0.102. The van der Waals surface area contributed by atoms with E-state index in [1.54, 1.807) is 22.9 Å². The van der Waals surface area contributed by atoms with E-state index in [2.05, 4.69) is 17.2 Å². The number of imidazole rings is 1. The second-order valence-corrected chi connectivity index (χ2v) is 4.98. The number of nitrogens with one attached hydrogen (secondary N) is 1. The van der Waals surface area contributed by atoms with Gasteiger partial charge in [0.1, 0.15) is 11.3 Å². The van der Waals surface area contributed by atoms with Crippen molar-refractivity contribution >= 4 is 17.2 Å². The normalized spacial score (nSPS) is 10.8. The first kappa shape index (κ1) is 13.4. The molecule has 3 rings (SSSR count). The lowest BCUT2D eigenvalue weighted by Gasteiger charge is -2.13. The van der Waals surface area contributed by atoms with Crippen molar-refractivity contribution in [2.45, 2.75) is 20.3 Å². The fourth-order valence-corrected chi connectivity index (χ4v) is 2.51. The Morgan fingerprint density at radius 1 is 1.24 bits per heavy atom. The van der Waals surface area contributed by atoms with Gasteiger partial charge in [-0.25, -0.2) is 4.98 Å². The zero-order valence-corrected chi connectivity index (χ0v) is 12.1. The Kier molecular flexibility index (Phi) is 3.44. The zero-order valence-electron chi connectivity index (χ0n) is 12.1. The van der Waals surface area contributed by atoms with Crippen molar-refractivity contribution < 1.29 is 4.79 Å². The van der Waals surface area contributed by atoms with Crippen LogP contribution in [0.4, 0.5) is 5.69 Å². The minimum absolute atomic E-state index is 0.123. The summed E-state index contributed by atoms with van der Waals surface area (Å²) in [6.45, 7) is 4.09. The minimum atomic E-state index is -0.123. The van der Waals surface area contributed by atoms with Crippen molar-refractivity contribution in [3.8, 4) is 0 Å². The van der Waals surface area contributed by atoms with Gasteiger partial charge in [-0.15, -0.1) is 0 Å². The van der Waals surface area contributed by atoms with Gasteiger partial charge in [-0.05, 0) is 36.6 Å². The largest absolute Gasteiger partial charge is 0.320 e. The maximum absolute atomic E-state index is 12.6. The molecule has 1 aromatic carbocycles. The predicted octanol–water partition coefficient (Wildman–Crippen LogP) is 3.46. The highest BCUT2D eigenvalue weighted by molar-refractivity contribution is 6.04. The van der Waals surface area contributed by atoms with E-state index in [4.69, 9.17) is 0 Å². The summed E-state index contributed by atoms with van der Waals surface area (Å²) in [4.78, 5) is 16.8. The summed E-state index contributed by atoms with van der Waals surface area (Å²) in [6.07, 6.45) is 4.37. The van der Waals surface area contributed by atoms with Crippen molar-refractivity contribution in [3.05, 3.63) is 65.6 Å². The number of carbonyl (C=O) groups is 1. The number of amides is 1. The lowest BCUT2D eigenvalue weighted by atomic mass is 10.1. The van der Waals surface area contributed by atoms with Crippen LogP contribution >= 0.6 is 0 Å². The molecular weight excluding hydrogens is 262 g/mol. The lowest BCUT2D eigenvalue weighted by Crippen LogP contribution is -2.17. The topological polar surface area (TPSA) is 46.4 Å². The maximum atomic E-state index is 12.6. The molecule has 0 aliphatic carbocycles. The van der Waals surface area contributed by atoms with E-state index in [1.807, 2.05) is 37.3 Å². The van der Waals surface area contributed by atoms with Gasteiger partial charge in [0.2, 0.25) is 0 Å². The Hall–Kier alpha value is -2.62. The Labute approximate surface area is 123 Å². The summed E-state index contributed by atoms with van der Waals surface area (Å²) in [7, 11) is 0. The van der Waals surface area contributed by atoms with E-state index in [0.717, 1.165) is 28.9 Å². The first-order valence-corrected chi connectivity index (χ1v) is 7.02. The molecule has 0 saturated carbocycles. The van der Waals surface area contributed by atoms with Gasteiger partial charge in [0, 0.05) is 18.1 Å². The Balaban J connectivity index is 1.99. The average molecular weight is 279 g/mol. The molecule has 4 heteroatoms. The van der Waals surface area contributed by atoms with E-state index < -0.39 is 0 Å². The smallest absolute Gasteiger partial charge is 0.272 e. The molecule has 0 saturated heterocycles. The number of aryl methyl sites for hydroxylation is 2. The van der Waals surface area contributed by atoms with Crippen LogP contribution in [0.2, 0.25) is 0 Å². The minimum Gasteiger partial charge on any atom is -0.320 e. The van der Waals surface area contributed by atoms with Crippen molar-refractivity contribution in [3.63, 3.8) is 0 Å². The van der Waals surface area contributed by atoms with E-state index in [1.165, 1.54) is 0 Å². The van der Waals surface area contributed by atoms with E-state index in [0.29, 0.717) is 5.69 Å². The number of aromatic nitrogens is 2. The van der Waals surface area contributed by atoms with E-state index >= 15 is 0 Å². The molecule has 0 atom stereocenters. The first-order chi connectivity index (χ1) is 10.2. The fraction of sp³-hybridized carbons (Fsp3) is 0.176. The molecule has 0 bridgehead atoms. The molecule has 2 aromatic heterocycles. The second-order valence-electron chi connectivity index (χ2n) is 4.98. The quantitative estimate of drug-likeness (QED) is 0.798. The Bertz CT molecular complexity index is 805. The molecule has 0 aliphatic rings. The summed E-state index contributed by atoms with van der Waals surface area (Å²) < 4.78 is 1.79. The first-order valence-electron chi connectivity index (χ1n) is 7.02. The summed E-state index contributed by atoms with van der Waals surface area (Å²) >= 11 is 0. The summed E-state index contributed by atoms with van der Waals surface area (Å²) in [5.41, 5.74) is 4.46. The third kappa shape index (κ3) is 2.40. The molecule has 106 valence electrons. The van der Waals surface area contributed by atoms with Gasteiger partial charge in [-0.1, -0.05) is 31.2 Å². The van der Waals surface area contributed by atoms with Crippen LogP contribution in [0.3, 0.4) is 0 Å². The van der Waals surface area contributed by atoms with Gasteiger partial charge in [-0.3, -0.25) is 9.20 Å². The summed E-state index contributed by atoms with van der Waals surface area (Å²) in [5, 5.41) is 3.04. The highest BCUT2D eigenvalue weighted by Gasteiger charge is 2.13. The Morgan fingerprint density at radius 2 is 2.05 bits per heavy atom. The number of nitrogens with zero attached hydrogens (tertiary/aromatic N) is 2.